The number of nitriles is 1. The second-order valence-electron chi connectivity index (χ2n) is 2.79. The van der Waals surface area contributed by atoms with Gasteiger partial charge >= 0.3 is 0 Å². The SMILES string of the molecule is CNC(CCC#N)c1ccccn1. The van der Waals surface area contributed by atoms with Crippen molar-refractivity contribution in [2.45, 2.75) is 18.9 Å². The summed E-state index contributed by atoms with van der Waals surface area (Å²) in [6, 6.07) is 8.15. The summed E-state index contributed by atoms with van der Waals surface area (Å²) in [5, 5.41) is 11.6. The summed E-state index contributed by atoms with van der Waals surface area (Å²) in [7, 11) is 1.89. The summed E-state index contributed by atoms with van der Waals surface area (Å²) in [4.78, 5) is 4.23. The monoisotopic (exact) mass is 175 g/mol. The molecule has 0 fully saturated rings. The van der Waals surface area contributed by atoms with E-state index in [1.54, 1.807) is 6.20 Å². The topological polar surface area (TPSA) is 48.7 Å². The van der Waals surface area contributed by atoms with Crippen molar-refractivity contribution < 1.29 is 0 Å². The fourth-order valence-corrected chi connectivity index (χ4v) is 1.23. The predicted octanol–water partition coefficient (Wildman–Crippen LogP) is 1.65. The van der Waals surface area contributed by atoms with Crippen LogP contribution in [0.3, 0.4) is 0 Å². The molecule has 0 amide bonds. The molecule has 1 atom stereocenters. The van der Waals surface area contributed by atoms with Gasteiger partial charge in [-0.15, -0.1) is 0 Å². The second-order valence-corrected chi connectivity index (χ2v) is 2.79. The number of nitrogens with zero attached hydrogens (tertiary/aromatic N) is 2. The molecule has 0 saturated carbocycles. The molecule has 3 nitrogen and oxygen atoms in total. The summed E-state index contributed by atoms with van der Waals surface area (Å²) >= 11 is 0. The van der Waals surface area contributed by atoms with Crippen molar-refractivity contribution >= 4 is 0 Å². The molecule has 1 N–H and O–H groups in total. The van der Waals surface area contributed by atoms with E-state index in [9.17, 15) is 0 Å². The van der Waals surface area contributed by atoms with Gasteiger partial charge in [-0.05, 0) is 25.6 Å². The van der Waals surface area contributed by atoms with E-state index in [4.69, 9.17) is 5.26 Å². The van der Waals surface area contributed by atoms with Crippen molar-refractivity contribution in [3.63, 3.8) is 0 Å². The fourth-order valence-electron chi connectivity index (χ4n) is 1.23. The van der Waals surface area contributed by atoms with Gasteiger partial charge in [-0.1, -0.05) is 6.07 Å². The molecule has 1 unspecified atom stereocenters. The Kier molecular flexibility index (Phi) is 3.94. The zero-order valence-electron chi connectivity index (χ0n) is 7.70. The van der Waals surface area contributed by atoms with E-state index in [1.165, 1.54) is 0 Å². The quantitative estimate of drug-likeness (QED) is 0.756. The average molecular weight is 175 g/mol. The van der Waals surface area contributed by atoms with Crippen LogP contribution >= 0.6 is 0 Å². The molecule has 68 valence electrons. The first-order valence-electron chi connectivity index (χ1n) is 4.33. The van der Waals surface area contributed by atoms with Crippen LogP contribution in [0.1, 0.15) is 24.6 Å². The lowest BCUT2D eigenvalue weighted by Gasteiger charge is -2.12. The normalized spacial score (nSPS) is 12.0. The Hall–Kier alpha value is -1.40. The Balaban J connectivity index is 2.63. The highest BCUT2D eigenvalue weighted by atomic mass is 14.9. The van der Waals surface area contributed by atoms with E-state index in [2.05, 4.69) is 16.4 Å². The molecule has 1 aromatic heterocycles. The van der Waals surface area contributed by atoms with Crippen LogP contribution in [-0.2, 0) is 0 Å². The second kappa shape index (κ2) is 5.28. The van der Waals surface area contributed by atoms with Gasteiger partial charge in [0.2, 0.25) is 0 Å². The summed E-state index contributed by atoms with van der Waals surface area (Å²) in [5.41, 5.74) is 1.00. The van der Waals surface area contributed by atoms with Crippen LogP contribution in [0.5, 0.6) is 0 Å². The summed E-state index contributed by atoms with van der Waals surface area (Å²) < 4.78 is 0. The molecule has 0 aliphatic rings. The van der Waals surface area contributed by atoms with Crippen LogP contribution < -0.4 is 5.32 Å². The van der Waals surface area contributed by atoms with Gasteiger partial charge in [-0.2, -0.15) is 5.26 Å². The Morgan fingerprint density at radius 2 is 2.46 bits per heavy atom. The van der Waals surface area contributed by atoms with Crippen LogP contribution in [0, 0.1) is 11.3 Å². The van der Waals surface area contributed by atoms with Crippen molar-refractivity contribution in [3.05, 3.63) is 30.1 Å². The Morgan fingerprint density at radius 1 is 1.62 bits per heavy atom. The van der Waals surface area contributed by atoms with Crippen LogP contribution in [0.25, 0.3) is 0 Å². The van der Waals surface area contributed by atoms with Crippen molar-refractivity contribution in [3.8, 4) is 6.07 Å². The minimum atomic E-state index is 0.195. The summed E-state index contributed by atoms with van der Waals surface area (Å²) in [5.74, 6) is 0. The zero-order valence-corrected chi connectivity index (χ0v) is 7.70. The third kappa shape index (κ3) is 2.85. The Bertz CT molecular complexity index is 276. The molecule has 1 aromatic rings. The molecule has 0 radical (unpaired) electrons. The molecule has 0 spiro atoms. The molecule has 1 rings (SSSR count). The van der Waals surface area contributed by atoms with Crippen LogP contribution in [0.2, 0.25) is 0 Å². The van der Waals surface area contributed by atoms with Gasteiger partial charge in [0.1, 0.15) is 0 Å². The highest BCUT2D eigenvalue weighted by Crippen LogP contribution is 2.14. The van der Waals surface area contributed by atoms with E-state index >= 15 is 0 Å². The Morgan fingerprint density at radius 3 is 3.00 bits per heavy atom. The minimum absolute atomic E-state index is 0.195. The van der Waals surface area contributed by atoms with E-state index in [-0.39, 0.29) is 6.04 Å². The van der Waals surface area contributed by atoms with E-state index < -0.39 is 0 Å². The lowest BCUT2D eigenvalue weighted by molar-refractivity contribution is 0.543. The van der Waals surface area contributed by atoms with Gasteiger partial charge in [0, 0.05) is 12.6 Å². The largest absolute Gasteiger partial charge is 0.312 e. The predicted molar refractivity (Wildman–Crippen MR) is 50.9 cm³/mol. The highest BCUT2D eigenvalue weighted by Gasteiger charge is 2.08. The Labute approximate surface area is 78.4 Å². The van der Waals surface area contributed by atoms with Crippen molar-refractivity contribution in [1.29, 1.82) is 5.26 Å². The van der Waals surface area contributed by atoms with Crippen molar-refractivity contribution in [1.82, 2.24) is 10.3 Å². The van der Waals surface area contributed by atoms with Crippen molar-refractivity contribution in [2.75, 3.05) is 7.05 Å². The van der Waals surface area contributed by atoms with Gasteiger partial charge in [0.15, 0.2) is 0 Å². The number of rotatable bonds is 4. The van der Waals surface area contributed by atoms with E-state index in [0.29, 0.717) is 6.42 Å². The van der Waals surface area contributed by atoms with Crippen LogP contribution in [0.4, 0.5) is 0 Å². The first kappa shape index (κ1) is 9.69. The molecular formula is C10H13N3. The molecule has 0 aliphatic heterocycles. The van der Waals surface area contributed by atoms with Crippen LogP contribution in [0.15, 0.2) is 24.4 Å². The molecule has 0 aliphatic carbocycles. The molecule has 1 heterocycles. The average Bonchev–Trinajstić information content (AvgIpc) is 2.21. The first-order valence-corrected chi connectivity index (χ1v) is 4.33. The minimum Gasteiger partial charge on any atom is -0.312 e. The number of hydrogen-bond donors (Lipinski definition) is 1. The molecule has 0 bridgehead atoms. The van der Waals surface area contributed by atoms with Gasteiger partial charge in [0.05, 0.1) is 17.8 Å². The van der Waals surface area contributed by atoms with E-state index in [0.717, 1.165) is 12.1 Å². The summed E-state index contributed by atoms with van der Waals surface area (Å²) in [6.07, 6.45) is 3.14. The highest BCUT2D eigenvalue weighted by molar-refractivity contribution is 5.08. The van der Waals surface area contributed by atoms with Gasteiger partial charge < -0.3 is 5.32 Å². The number of hydrogen-bond acceptors (Lipinski definition) is 3. The molecular weight excluding hydrogens is 162 g/mol. The fraction of sp³-hybridized carbons (Fsp3) is 0.400. The molecule has 3 heteroatoms. The third-order valence-electron chi connectivity index (χ3n) is 1.94. The maximum Gasteiger partial charge on any atom is 0.0622 e. The van der Waals surface area contributed by atoms with Crippen molar-refractivity contribution in [2.24, 2.45) is 0 Å². The number of aromatic nitrogens is 1. The first-order chi connectivity index (χ1) is 6.38. The molecule has 13 heavy (non-hydrogen) atoms. The van der Waals surface area contributed by atoms with E-state index in [1.807, 2.05) is 25.2 Å². The standard InChI is InChI=1S/C10H13N3/c1-12-9(6-4-7-11)10-5-2-3-8-13-10/h2-3,5,8-9,12H,4,6H2,1H3. The summed E-state index contributed by atoms with van der Waals surface area (Å²) in [6.45, 7) is 0. The number of nitrogens with one attached hydrogen (secondary N) is 1. The lowest BCUT2D eigenvalue weighted by Crippen LogP contribution is -2.17. The van der Waals surface area contributed by atoms with Gasteiger partial charge in [0.25, 0.3) is 0 Å². The van der Waals surface area contributed by atoms with Crippen LogP contribution in [-0.4, -0.2) is 12.0 Å². The maximum absolute atomic E-state index is 8.46. The third-order valence-corrected chi connectivity index (χ3v) is 1.94. The van der Waals surface area contributed by atoms with Gasteiger partial charge in [-0.3, -0.25) is 4.98 Å². The van der Waals surface area contributed by atoms with Gasteiger partial charge in [-0.25, -0.2) is 0 Å². The molecule has 0 saturated heterocycles. The maximum atomic E-state index is 8.46. The smallest absolute Gasteiger partial charge is 0.0622 e. The lowest BCUT2D eigenvalue weighted by atomic mass is 10.1. The molecule has 0 aromatic carbocycles. The number of pyridine rings is 1. The zero-order chi connectivity index (χ0) is 9.52.